The number of aryl methyl sites for hydroxylation is 1. The van der Waals surface area contributed by atoms with Gasteiger partial charge in [0.05, 0.1) is 10.6 Å². The fourth-order valence-corrected chi connectivity index (χ4v) is 3.36. The molecule has 0 bridgehead atoms. The molecule has 0 fully saturated rings. The number of benzene rings is 1. The number of aliphatic hydroxyl groups excluding tert-OH is 1. The third kappa shape index (κ3) is 3.56. The Kier molecular flexibility index (Phi) is 4.56. The quantitative estimate of drug-likeness (QED) is 0.914. The first kappa shape index (κ1) is 15.2. The second kappa shape index (κ2) is 5.41. The molecule has 0 radical (unpaired) electrons. The zero-order chi connectivity index (χ0) is 14.0. The smallest absolute Gasteiger partial charge is 0.178 e. The largest absolute Gasteiger partial charge is 0.396 e. The van der Waals surface area contributed by atoms with Crippen LogP contribution in [-0.4, -0.2) is 25.9 Å². The zero-order valence-corrected chi connectivity index (χ0v) is 12.3. The Labute approximate surface area is 110 Å². The van der Waals surface area contributed by atoms with Gasteiger partial charge in [-0.05, 0) is 36.0 Å². The summed E-state index contributed by atoms with van der Waals surface area (Å²) in [5.41, 5.74) is 1.70. The summed E-state index contributed by atoms with van der Waals surface area (Å²) in [6, 6.07) is 5.59. The molecule has 0 atom stereocenters. The summed E-state index contributed by atoms with van der Waals surface area (Å²) >= 11 is 0. The highest BCUT2D eigenvalue weighted by Crippen LogP contribution is 2.27. The van der Waals surface area contributed by atoms with Crippen molar-refractivity contribution in [2.75, 3.05) is 12.4 Å². The fraction of sp³-hybridized carbons (Fsp3) is 0.571. The fourth-order valence-electron chi connectivity index (χ4n) is 1.77. The van der Waals surface area contributed by atoms with Gasteiger partial charge in [-0.1, -0.05) is 32.9 Å². The van der Waals surface area contributed by atoms with Crippen LogP contribution in [0.2, 0.25) is 0 Å². The van der Waals surface area contributed by atoms with Crippen molar-refractivity contribution in [3.05, 3.63) is 29.3 Å². The molecule has 1 N–H and O–H groups in total. The van der Waals surface area contributed by atoms with Crippen LogP contribution in [0, 0.1) is 6.92 Å². The van der Waals surface area contributed by atoms with E-state index in [-0.39, 0.29) is 24.2 Å². The third-order valence-electron chi connectivity index (χ3n) is 2.96. The van der Waals surface area contributed by atoms with E-state index in [1.807, 2.05) is 12.1 Å². The molecule has 4 heteroatoms. The van der Waals surface area contributed by atoms with E-state index < -0.39 is 9.84 Å². The molecule has 0 heterocycles. The van der Waals surface area contributed by atoms with Gasteiger partial charge in [-0.3, -0.25) is 0 Å². The minimum absolute atomic E-state index is 0.00205. The second-order valence-electron chi connectivity index (χ2n) is 5.63. The van der Waals surface area contributed by atoms with E-state index in [2.05, 4.69) is 20.8 Å². The summed E-state index contributed by atoms with van der Waals surface area (Å²) in [7, 11) is -3.30. The van der Waals surface area contributed by atoms with Crippen LogP contribution in [0.25, 0.3) is 0 Å². The predicted molar refractivity (Wildman–Crippen MR) is 73.6 cm³/mol. The van der Waals surface area contributed by atoms with E-state index in [1.54, 1.807) is 13.0 Å². The van der Waals surface area contributed by atoms with E-state index in [9.17, 15) is 8.42 Å². The summed E-state index contributed by atoms with van der Waals surface area (Å²) in [5.74, 6) is -0.00205. The molecule has 1 aromatic carbocycles. The van der Waals surface area contributed by atoms with Crippen molar-refractivity contribution >= 4 is 9.84 Å². The van der Waals surface area contributed by atoms with Crippen LogP contribution in [0.4, 0.5) is 0 Å². The zero-order valence-electron chi connectivity index (χ0n) is 11.5. The highest BCUT2D eigenvalue weighted by Gasteiger charge is 2.21. The van der Waals surface area contributed by atoms with E-state index in [1.165, 1.54) is 0 Å². The van der Waals surface area contributed by atoms with Crippen LogP contribution >= 0.6 is 0 Å². The Morgan fingerprint density at radius 1 is 1.22 bits per heavy atom. The van der Waals surface area contributed by atoms with Crippen molar-refractivity contribution in [1.29, 1.82) is 0 Å². The lowest BCUT2D eigenvalue weighted by atomic mass is 9.87. The molecule has 102 valence electrons. The number of sulfone groups is 1. The predicted octanol–water partition coefficient (Wildman–Crippen LogP) is 2.45. The lowest BCUT2D eigenvalue weighted by Crippen LogP contribution is -2.15. The standard InChI is InChI=1S/C14H22O3S/c1-11-6-7-12(14(2,3)4)10-13(11)18(16,17)9-5-8-15/h6-7,10,15H,5,8-9H2,1-4H3. The Hall–Kier alpha value is -0.870. The van der Waals surface area contributed by atoms with Gasteiger partial charge in [0.2, 0.25) is 0 Å². The second-order valence-corrected chi connectivity index (χ2v) is 7.70. The molecule has 0 aliphatic rings. The SMILES string of the molecule is Cc1ccc(C(C)(C)C)cc1S(=O)(=O)CCCO. The molecule has 0 saturated heterocycles. The van der Waals surface area contributed by atoms with E-state index >= 15 is 0 Å². The maximum absolute atomic E-state index is 12.2. The first-order valence-corrected chi connectivity index (χ1v) is 7.78. The Balaban J connectivity index is 3.24. The summed E-state index contributed by atoms with van der Waals surface area (Å²) in [6.07, 6.45) is 0.279. The molecule has 0 spiro atoms. The molecule has 3 nitrogen and oxygen atoms in total. The number of aliphatic hydroxyl groups is 1. The van der Waals surface area contributed by atoms with Crippen LogP contribution in [0.3, 0.4) is 0 Å². The first-order chi connectivity index (χ1) is 8.18. The van der Waals surface area contributed by atoms with Gasteiger partial charge < -0.3 is 5.11 Å². The summed E-state index contributed by atoms with van der Waals surface area (Å²) in [5, 5.41) is 8.77. The van der Waals surface area contributed by atoms with Gasteiger partial charge in [-0.25, -0.2) is 8.42 Å². The molecule has 0 aromatic heterocycles. The minimum Gasteiger partial charge on any atom is -0.396 e. The van der Waals surface area contributed by atoms with Gasteiger partial charge >= 0.3 is 0 Å². The van der Waals surface area contributed by atoms with E-state index in [0.29, 0.717) is 4.90 Å². The van der Waals surface area contributed by atoms with Crippen molar-refractivity contribution in [1.82, 2.24) is 0 Å². The molecule has 0 saturated carbocycles. The van der Waals surface area contributed by atoms with Crippen molar-refractivity contribution in [2.45, 2.75) is 44.4 Å². The molecule has 0 aliphatic heterocycles. The summed E-state index contributed by atoms with van der Waals surface area (Å²) in [6.45, 7) is 7.88. The summed E-state index contributed by atoms with van der Waals surface area (Å²) in [4.78, 5) is 0.392. The van der Waals surface area contributed by atoms with Crippen LogP contribution in [-0.2, 0) is 15.3 Å². The maximum atomic E-state index is 12.2. The molecular formula is C14H22O3S. The molecule has 1 aromatic rings. The lowest BCUT2D eigenvalue weighted by Gasteiger charge is -2.20. The molecule has 0 unspecified atom stereocenters. The van der Waals surface area contributed by atoms with Gasteiger partial charge in [0.15, 0.2) is 9.84 Å². The highest BCUT2D eigenvalue weighted by molar-refractivity contribution is 7.91. The van der Waals surface area contributed by atoms with Crippen LogP contribution in [0.15, 0.2) is 23.1 Å². The lowest BCUT2D eigenvalue weighted by molar-refractivity contribution is 0.295. The average molecular weight is 270 g/mol. The first-order valence-electron chi connectivity index (χ1n) is 6.13. The topological polar surface area (TPSA) is 54.4 Å². The average Bonchev–Trinajstić information content (AvgIpc) is 2.25. The molecular weight excluding hydrogens is 248 g/mol. The van der Waals surface area contributed by atoms with Gasteiger partial charge in [-0.15, -0.1) is 0 Å². The highest BCUT2D eigenvalue weighted by atomic mass is 32.2. The normalized spacial score (nSPS) is 12.7. The third-order valence-corrected chi connectivity index (χ3v) is 4.90. The van der Waals surface area contributed by atoms with Crippen LogP contribution < -0.4 is 0 Å². The number of hydrogen-bond acceptors (Lipinski definition) is 3. The van der Waals surface area contributed by atoms with Gasteiger partial charge in [0.25, 0.3) is 0 Å². The Bertz CT molecular complexity index is 510. The number of rotatable bonds is 4. The van der Waals surface area contributed by atoms with Crippen LogP contribution in [0.1, 0.15) is 38.3 Å². The molecule has 0 amide bonds. The van der Waals surface area contributed by atoms with Gasteiger partial charge in [0, 0.05) is 6.61 Å². The van der Waals surface area contributed by atoms with Gasteiger partial charge in [0.1, 0.15) is 0 Å². The maximum Gasteiger partial charge on any atom is 0.178 e. The summed E-state index contributed by atoms with van der Waals surface area (Å²) < 4.78 is 24.4. The van der Waals surface area contributed by atoms with Crippen molar-refractivity contribution in [3.63, 3.8) is 0 Å². The van der Waals surface area contributed by atoms with E-state index in [4.69, 9.17) is 5.11 Å². The molecule has 0 aliphatic carbocycles. The van der Waals surface area contributed by atoms with Crippen molar-refractivity contribution in [3.8, 4) is 0 Å². The monoisotopic (exact) mass is 270 g/mol. The van der Waals surface area contributed by atoms with E-state index in [0.717, 1.165) is 11.1 Å². The molecule has 1 rings (SSSR count). The minimum atomic E-state index is -3.30. The van der Waals surface area contributed by atoms with Gasteiger partial charge in [-0.2, -0.15) is 0 Å². The van der Waals surface area contributed by atoms with Crippen molar-refractivity contribution in [2.24, 2.45) is 0 Å². The molecule has 18 heavy (non-hydrogen) atoms. The van der Waals surface area contributed by atoms with Crippen molar-refractivity contribution < 1.29 is 13.5 Å². The number of hydrogen-bond donors (Lipinski definition) is 1. The Morgan fingerprint density at radius 2 is 1.83 bits per heavy atom. The Morgan fingerprint density at radius 3 is 2.33 bits per heavy atom. The van der Waals surface area contributed by atoms with Crippen LogP contribution in [0.5, 0.6) is 0 Å².